The summed E-state index contributed by atoms with van der Waals surface area (Å²) in [5, 5.41) is 32.6. The van der Waals surface area contributed by atoms with Crippen molar-refractivity contribution in [2.45, 2.75) is 122 Å². The van der Waals surface area contributed by atoms with Gasteiger partial charge in [0.25, 0.3) is 0 Å². The minimum atomic E-state index is -0.921. The molecule has 7 rings (SSSR count). The highest BCUT2D eigenvalue weighted by molar-refractivity contribution is 5.49. The Morgan fingerprint density at radius 2 is 1.53 bits per heavy atom. The number of aromatic nitrogens is 3. The maximum absolute atomic E-state index is 14.8. The topological polar surface area (TPSA) is 165 Å². The molecule has 2 unspecified atom stereocenters. The molecule has 328 valence electrons. The number of rotatable bonds is 7. The number of fused-ring (bicyclic) bond motifs is 3. The van der Waals surface area contributed by atoms with Crippen molar-refractivity contribution >= 4 is 0 Å². The van der Waals surface area contributed by atoms with Gasteiger partial charge in [0.15, 0.2) is 11.5 Å². The van der Waals surface area contributed by atoms with Gasteiger partial charge in [-0.3, -0.25) is 0 Å². The van der Waals surface area contributed by atoms with E-state index in [1.807, 2.05) is 13.8 Å². The molecule has 2 aliphatic heterocycles. The van der Waals surface area contributed by atoms with Gasteiger partial charge in [-0.1, -0.05) is 38.3 Å². The van der Waals surface area contributed by atoms with Crippen molar-refractivity contribution in [2.24, 2.45) is 23.2 Å². The average Bonchev–Trinajstić information content (AvgIpc) is 3.67. The van der Waals surface area contributed by atoms with Crippen LogP contribution in [0, 0.1) is 23.2 Å². The molecule has 5 aliphatic rings. The molecule has 14 heteroatoms. The molecule has 1 aromatic heterocycles. The van der Waals surface area contributed by atoms with Crippen LogP contribution in [0.15, 0.2) is 50.6 Å². The number of ether oxygens (including phenoxy) is 6. The first kappa shape index (κ1) is 43.8. The first-order valence-corrected chi connectivity index (χ1v) is 22.0. The molecule has 0 bridgehead atoms. The number of aliphatic hydroxyl groups excluding tert-OH is 2. The third-order valence-corrected chi connectivity index (χ3v) is 13.6. The van der Waals surface area contributed by atoms with Crippen LogP contribution in [0.4, 0.5) is 0 Å². The third kappa shape index (κ3) is 9.95. The SMILES string of the molecule is C[C@H](CCCC(C)(C)O)[C@H]1CCC2C(=CC3C4=C(Cn5c(=O)n(-c6ccc7c(c6)OCCOCCOCCOCCOCCO7)c(=O)n53)[C@@H](O)C[C@H](O)C4)CCC[C@@]21C. The molecule has 14 nitrogen and oxygen atoms in total. The molecule has 7 atom stereocenters. The number of nitrogens with zero attached hydrogens (tertiary/aromatic N) is 3. The molecule has 1 aromatic carbocycles. The first-order valence-electron chi connectivity index (χ1n) is 22.0. The quantitative estimate of drug-likeness (QED) is 0.331. The fourth-order valence-corrected chi connectivity index (χ4v) is 10.7. The summed E-state index contributed by atoms with van der Waals surface area (Å²) in [4.78, 5) is 29.2. The molecule has 2 saturated carbocycles. The summed E-state index contributed by atoms with van der Waals surface area (Å²) in [5.41, 5.74) is 1.58. The Morgan fingerprint density at radius 1 is 0.881 bits per heavy atom. The van der Waals surface area contributed by atoms with E-state index in [0.717, 1.165) is 56.9 Å². The second kappa shape index (κ2) is 19.2. The standard InChI is InChI=1S/C45H67N3O11/c1-30(7-5-13-44(2,3)53)36-10-11-37-31(8-6-14-45(36,37)4)25-38-34-27-33(49)28-39(50)35(34)29-46-42(51)47(43(52)48(38)46)32-9-12-40-41(26-32)59-24-22-57-20-18-55-16-15-54-17-19-56-21-23-58-40/h9,12,25-26,30,33,36-39,49-50,53H,5-8,10-11,13-24,27-29H2,1-4H3/t30-,33-,36-,37?,38?,39+,45-/m1/s1. The smallest absolute Gasteiger partial charge is 0.352 e. The molecule has 0 radical (unpaired) electrons. The Kier molecular flexibility index (Phi) is 14.3. The lowest BCUT2D eigenvalue weighted by atomic mass is 9.60. The largest absolute Gasteiger partial charge is 0.487 e. The van der Waals surface area contributed by atoms with Crippen molar-refractivity contribution < 1.29 is 43.7 Å². The fraction of sp³-hybridized carbons (Fsp3) is 0.733. The predicted molar refractivity (Wildman–Crippen MR) is 221 cm³/mol. The van der Waals surface area contributed by atoms with E-state index >= 15 is 0 Å². The fourth-order valence-electron chi connectivity index (χ4n) is 10.7. The highest BCUT2D eigenvalue weighted by atomic mass is 16.6. The number of hydrogen-bond donors (Lipinski definition) is 3. The van der Waals surface area contributed by atoms with Gasteiger partial charge >= 0.3 is 11.4 Å². The van der Waals surface area contributed by atoms with Crippen molar-refractivity contribution in [3.8, 4) is 17.2 Å². The molecular formula is C45H67N3O11. The third-order valence-electron chi connectivity index (χ3n) is 13.6. The summed E-state index contributed by atoms with van der Waals surface area (Å²) in [6.45, 7) is 12.3. The van der Waals surface area contributed by atoms with Crippen LogP contribution in [0.5, 0.6) is 11.5 Å². The van der Waals surface area contributed by atoms with Gasteiger partial charge < -0.3 is 43.7 Å². The number of allylic oxidation sites excluding steroid dienone is 2. The molecule has 0 spiro atoms. The number of benzene rings is 1. The maximum atomic E-state index is 14.8. The van der Waals surface area contributed by atoms with Crippen LogP contribution < -0.4 is 20.9 Å². The molecule has 0 amide bonds. The van der Waals surface area contributed by atoms with Gasteiger partial charge in [-0.25, -0.2) is 23.5 Å². The van der Waals surface area contributed by atoms with Gasteiger partial charge in [0.2, 0.25) is 0 Å². The first-order chi connectivity index (χ1) is 28.4. The zero-order valence-corrected chi connectivity index (χ0v) is 35.6. The van der Waals surface area contributed by atoms with Crippen LogP contribution in [0.1, 0.15) is 97.9 Å². The molecular weight excluding hydrogens is 759 g/mol. The Morgan fingerprint density at radius 3 is 2.19 bits per heavy atom. The van der Waals surface area contributed by atoms with Crippen LogP contribution in [0.3, 0.4) is 0 Å². The summed E-state index contributed by atoms with van der Waals surface area (Å²) < 4.78 is 38.8. The normalized spacial score (nSPS) is 30.2. The summed E-state index contributed by atoms with van der Waals surface area (Å²) in [7, 11) is 0. The Bertz CT molecular complexity index is 1920. The summed E-state index contributed by atoms with van der Waals surface area (Å²) >= 11 is 0. The molecule has 3 N–H and O–H groups in total. The van der Waals surface area contributed by atoms with Crippen molar-refractivity contribution in [1.82, 2.24) is 13.9 Å². The molecule has 3 aliphatic carbocycles. The van der Waals surface area contributed by atoms with Crippen LogP contribution in [0.25, 0.3) is 5.69 Å². The highest BCUT2D eigenvalue weighted by Crippen LogP contribution is 2.60. The second-order valence-corrected chi connectivity index (χ2v) is 18.2. The lowest BCUT2D eigenvalue weighted by Gasteiger charge is -2.45. The van der Waals surface area contributed by atoms with Crippen LogP contribution in [0.2, 0.25) is 0 Å². The Hall–Kier alpha value is -3.24. The van der Waals surface area contributed by atoms with E-state index in [1.54, 1.807) is 22.9 Å². The zero-order valence-electron chi connectivity index (χ0n) is 35.6. The van der Waals surface area contributed by atoms with Gasteiger partial charge in [-0.05, 0) is 105 Å². The van der Waals surface area contributed by atoms with Crippen LogP contribution in [-0.4, -0.2) is 113 Å². The van der Waals surface area contributed by atoms with Crippen molar-refractivity contribution in [2.75, 3.05) is 66.1 Å². The monoisotopic (exact) mass is 825 g/mol. The van der Waals surface area contributed by atoms with Gasteiger partial charge in [0, 0.05) is 12.5 Å². The van der Waals surface area contributed by atoms with Gasteiger partial charge in [0.1, 0.15) is 13.2 Å². The minimum Gasteiger partial charge on any atom is -0.487 e. The van der Waals surface area contributed by atoms with Gasteiger partial charge in [-0.2, -0.15) is 0 Å². The van der Waals surface area contributed by atoms with Crippen LogP contribution >= 0.6 is 0 Å². The Balaban J connectivity index is 1.20. The average molecular weight is 826 g/mol. The maximum Gasteiger partial charge on any atom is 0.352 e. The van der Waals surface area contributed by atoms with Crippen LogP contribution in [-0.2, 0) is 25.5 Å². The Labute approximate surface area is 347 Å². The van der Waals surface area contributed by atoms with E-state index < -0.39 is 35.2 Å². The summed E-state index contributed by atoms with van der Waals surface area (Å²) in [6.07, 6.45) is 9.17. The summed E-state index contributed by atoms with van der Waals surface area (Å²) in [6, 6.07) is 4.39. The van der Waals surface area contributed by atoms with Gasteiger partial charge in [-0.15, -0.1) is 0 Å². The lowest BCUT2D eigenvalue weighted by Crippen LogP contribution is -2.42. The number of hydrogen-bond acceptors (Lipinski definition) is 11. The molecule has 2 fully saturated rings. The second-order valence-electron chi connectivity index (χ2n) is 18.2. The highest BCUT2D eigenvalue weighted by Gasteiger charge is 2.51. The zero-order chi connectivity index (χ0) is 41.7. The minimum absolute atomic E-state index is 0.0615. The van der Waals surface area contributed by atoms with Crippen molar-refractivity contribution in [3.05, 3.63) is 62.0 Å². The molecule has 2 aromatic rings. The van der Waals surface area contributed by atoms with E-state index in [-0.39, 0.29) is 31.6 Å². The van der Waals surface area contributed by atoms with E-state index in [1.165, 1.54) is 14.8 Å². The predicted octanol–water partition coefficient (Wildman–Crippen LogP) is 4.73. The number of aliphatic hydroxyl groups is 3. The molecule has 59 heavy (non-hydrogen) atoms. The van der Waals surface area contributed by atoms with E-state index in [2.05, 4.69) is 19.9 Å². The molecule has 3 heterocycles. The van der Waals surface area contributed by atoms with E-state index in [9.17, 15) is 24.9 Å². The van der Waals surface area contributed by atoms with Crippen molar-refractivity contribution in [3.63, 3.8) is 0 Å². The van der Waals surface area contributed by atoms with E-state index in [0.29, 0.717) is 99.8 Å². The van der Waals surface area contributed by atoms with Gasteiger partial charge in [0.05, 0.1) is 88.9 Å². The van der Waals surface area contributed by atoms with Crippen molar-refractivity contribution in [1.29, 1.82) is 0 Å². The molecule has 0 saturated heterocycles. The summed E-state index contributed by atoms with van der Waals surface area (Å²) in [5.74, 6) is 2.19. The van der Waals surface area contributed by atoms with E-state index in [4.69, 9.17) is 28.4 Å². The lowest BCUT2D eigenvalue weighted by molar-refractivity contribution is -0.00841.